The average molecular weight is 264 g/mol. The van der Waals surface area contributed by atoms with Gasteiger partial charge < -0.3 is 5.32 Å². The van der Waals surface area contributed by atoms with Crippen LogP contribution in [0.4, 0.5) is 13.2 Å². The number of alkyl halides is 3. The van der Waals surface area contributed by atoms with Crippen LogP contribution in [0, 0.1) is 5.92 Å². The number of benzene rings is 1. The van der Waals surface area contributed by atoms with Crippen molar-refractivity contribution in [3.05, 3.63) is 34.3 Å². The molecule has 1 heterocycles. The summed E-state index contributed by atoms with van der Waals surface area (Å²) in [6.07, 6.45) is -2.52. The van der Waals surface area contributed by atoms with Gasteiger partial charge in [-0.25, -0.2) is 0 Å². The van der Waals surface area contributed by atoms with Crippen molar-refractivity contribution in [3.8, 4) is 0 Å². The van der Waals surface area contributed by atoms with Gasteiger partial charge in [-0.05, 0) is 49.5 Å². The Balaban J connectivity index is 2.13. The third-order valence-electron chi connectivity index (χ3n) is 3.03. The second-order valence-electron chi connectivity index (χ2n) is 4.37. The van der Waals surface area contributed by atoms with Crippen molar-refractivity contribution in [3.63, 3.8) is 0 Å². The van der Waals surface area contributed by atoms with Crippen LogP contribution >= 0.6 is 11.6 Å². The molecule has 0 aromatic heterocycles. The largest absolute Gasteiger partial charge is 0.417 e. The molecule has 1 aliphatic rings. The summed E-state index contributed by atoms with van der Waals surface area (Å²) in [4.78, 5) is 0. The van der Waals surface area contributed by atoms with E-state index in [1.807, 2.05) is 0 Å². The summed E-state index contributed by atoms with van der Waals surface area (Å²) in [7, 11) is 0. The molecule has 0 spiro atoms. The van der Waals surface area contributed by atoms with Gasteiger partial charge in [-0.1, -0.05) is 17.7 Å². The Labute approximate surface area is 103 Å². The normalized spacial score (nSPS) is 20.8. The molecule has 0 aliphatic carbocycles. The van der Waals surface area contributed by atoms with E-state index < -0.39 is 11.7 Å². The lowest BCUT2D eigenvalue weighted by molar-refractivity contribution is -0.137. The first-order valence-electron chi connectivity index (χ1n) is 5.53. The monoisotopic (exact) mass is 263 g/mol. The first-order chi connectivity index (χ1) is 7.97. The third kappa shape index (κ3) is 3.13. The van der Waals surface area contributed by atoms with Crippen molar-refractivity contribution in [1.82, 2.24) is 5.32 Å². The minimum atomic E-state index is -4.37. The molecule has 1 fully saturated rings. The molecule has 1 aromatic rings. The van der Waals surface area contributed by atoms with Crippen LogP contribution in [0.5, 0.6) is 0 Å². The van der Waals surface area contributed by atoms with E-state index >= 15 is 0 Å². The Morgan fingerprint density at radius 1 is 1.35 bits per heavy atom. The highest BCUT2D eigenvalue weighted by molar-refractivity contribution is 6.31. The Bertz CT molecular complexity index is 397. The zero-order chi connectivity index (χ0) is 12.5. The quantitative estimate of drug-likeness (QED) is 0.861. The molecule has 1 atom stereocenters. The average Bonchev–Trinajstić information content (AvgIpc) is 2.68. The molecule has 0 bridgehead atoms. The fourth-order valence-electron chi connectivity index (χ4n) is 2.14. The van der Waals surface area contributed by atoms with Gasteiger partial charge in [0.1, 0.15) is 0 Å². The molecule has 1 saturated heterocycles. The highest BCUT2D eigenvalue weighted by atomic mass is 35.5. The number of hydrogen-bond acceptors (Lipinski definition) is 1. The standard InChI is InChI=1S/C12H13ClF3N/c13-11-6-8(5-9-3-4-17-7-9)1-2-10(11)12(14,15)16/h1-2,6,9,17H,3-5,7H2. The molecular formula is C12H13ClF3N. The topological polar surface area (TPSA) is 12.0 Å². The second-order valence-corrected chi connectivity index (χ2v) is 4.78. The molecular weight excluding hydrogens is 251 g/mol. The Kier molecular flexibility index (Phi) is 3.64. The first kappa shape index (κ1) is 12.7. The van der Waals surface area contributed by atoms with Crippen LogP contribution in [-0.2, 0) is 12.6 Å². The van der Waals surface area contributed by atoms with Crippen LogP contribution in [0.1, 0.15) is 17.5 Å². The van der Waals surface area contributed by atoms with Gasteiger partial charge in [0.05, 0.1) is 10.6 Å². The Hall–Kier alpha value is -0.740. The predicted octanol–water partition coefficient (Wildman–Crippen LogP) is 3.51. The Morgan fingerprint density at radius 2 is 2.12 bits per heavy atom. The molecule has 1 unspecified atom stereocenters. The molecule has 0 radical (unpaired) electrons. The van der Waals surface area contributed by atoms with Gasteiger partial charge >= 0.3 is 6.18 Å². The van der Waals surface area contributed by atoms with E-state index in [2.05, 4.69) is 5.32 Å². The van der Waals surface area contributed by atoms with E-state index in [-0.39, 0.29) is 5.02 Å². The van der Waals surface area contributed by atoms with Crippen LogP contribution in [0.15, 0.2) is 18.2 Å². The van der Waals surface area contributed by atoms with Gasteiger partial charge in [0, 0.05) is 0 Å². The van der Waals surface area contributed by atoms with Crippen molar-refractivity contribution in [2.24, 2.45) is 5.92 Å². The predicted molar refractivity (Wildman–Crippen MR) is 61.1 cm³/mol. The van der Waals surface area contributed by atoms with Gasteiger partial charge in [0.15, 0.2) is 0 Å². The lowest BCUT2D eigenvalue weighted by Gasteiger charge is -2.12. The number of halogens is 4. The molecule has 5 heteroatoms. The second kappa shape index (κ2) is 4.86. The number of nitrogens with one attached hydrogen (secondary N) is 1. The summed E-state index contributed by atoms with van der Waals surface area (Å²) in [5.41, 5.74) is 0.115. The van der Waals surface area contributed by atoms with Gasteiger partial charge in [-0.2, -0.15) is 13.2 Å². The van der Waals surface area contributed by atoms with E-state index in [1.165, 1.54) is 12.1 Å². The van der Waals surface area contributed by atoms with Crippen LogP contribution < -0.4 is 5.32 Å². The van der Waals surface area contributed by atoms with Crippen LogP contribution in [-0.4, -0.2) is 13.1 Å². The summed E-state index contributed by atoms with van der Waals surface area (Å²) in [6, 6.07) is 4.02. The fraction of sp³-hybridized carbons (Fsp3) is 0.500. The van der Waals surface area contributed by atoms with Crippen LogP contribution in [0.3, 0.4) is 0 Å². The molecule has 17 heavy (non-hydrogen) atoms. The van der Waals surface area contributed by atoms with Crippen molar-refractivity contribution in [1.29, 1.82) is 0 Å². The maximum atomic E-state index is 12.5. The zero-order valence-electron chi connectivity index (χ0n) is 9.15. The maximum absolute atomic E-state index is 12.5. The minimum Gasteiger partial charge on any atom is -0.316 e. The van der Waals surface area contributed by atoms with E-state index in [4.69, 9.17) is 11.6 Å². The van der Waals surface area contributed by atoms with Gasteiger partial charge in [0.25, 0.3) is 0 Å². The zero-order valence-corrected chi connectivity index (χ0v) is 9.91. The number of hydrogen-bond donors (Lipinski definition) is 1. The lowest BCUT2D eigenvalue weighted by atomic mass is 9.98. The Morgan fingerprint density at radius 3 is 2.65 bits per heavy atom. The highest BCUT2D eigenvalue weighted by Crippen LogP contribution is 2.35. The molecule has 1 N–H and O–H groups in total. The van der Waals surface area contributed by atoms with Gasteiger partial charge in [-0.15, -0.1) is 0 Å². The highest BCUT2D eigenvalue weighted by Gasteiger charge is 2.33. The van der Waals surface area contributed by atoms with Gasteiger partial charge in [0.2, 0.25) is 0 Å². The van der Waals surface area contributed by atoms with Crippen LogP contribution in [0.2, 0.25) is 5.02 Å². The van der Waals surface area contributed by atoms with E-state index in [9.17, 15) is 13.2 Å². The molecule has 94 valence electrons. The summed E-state index contributed by atoms with van der Waals surface area (Å²) in [5, 5.41) is 3.02. The smallest absolute Gasteiger partial charge is 0.316 e. The molecule has 2 rings (SSSR count). The summed E-state index contributed by atoms with van der Waals surface area (Å²) in [6.45, 7) is 1.91. The van der Waals surface area contributed by atoms with Crippen molar-refractivity contribution in [2.45, 2.75) is 19.0 Å². The van der Waals surface area contributed by atoms with E-state index in [1.54, 1.807) is 0 Å². The lowest BCUT2D eigenvalue weighted by Crippen LogP contribution is -2.11. The first-order valence-corrected chi connectivity index (χ1v) is 5.91. The van der Waals surface area contributed by atoms with Crippen molar-refractivity contribution >= 4 is 11.6 Å². The molecule has 1 aliphatic heterocycles. The summed E-state index contributed by atoms with van der Waals surface area (Å²) >= 11 is 5.66. The third-order valence-corrected chi connectivity index (χ3v) is 3.34. The van der Waals surface area contributed by atoms with E-state index in [0.717, 1.165) is 37.6 Å². The van der Waals surface area contributed by atoms with Crippen molar-refractivity contribution in [2.75, 3.05) is 13.1 Å². The number of rotatable bonds is 2. The fourth-order valence-corrected chi connectivity index (χ4v) is 2.45. The SMILES string of the molecule is FC(F)(F)c1ccc(CC2CCNC2)cc1Cl. The summed E-state index contributed by atoms with van der Waals surface area (Å²) < 4.78 is 37.5. The maximum Gasteiger partial charge on any atom is 0.417 e. The van der Waals surface area contributed by atoms with Gasteiger partial charge in [-0.3, -0.25) is 0 Å². The van der Waals surface area contributed by atoms with Crippen LogP contribution in [0.25, 0.3) is 0 Å². The molecule has 0 saturated carbocycles. The summed E-state index contributed by atoms with van der Waals surface area (Å²) in [5.74, 6) is 0.503. The molecule has 1 nitrogen and oxygen atoms in total. The molecule has 1 aromatic carbocycles. The van der Waals surface area contributed by atoms with Crippen molar-refractivity contribution < 1.29 is 13.2 Å². The van der Waals surface area contributed by atoms with E-state index in [0.29, 0.717) is 5.92 Å². The minimum absolute atomic E-state index is 0.207. The molecule has 0 amide bonds.